The number of nitrogens with zero attached hydrogens (tertiary/aromatic N) is 2. The minimum atomic E-state index is -0.602. The van der Waals surface area contributed by atoms with Crippen molar-refractivity contribution in [3.63, 3.8) is 0 Å². The van der Waals surface area contributed by atoms with Crippen molar-refractivity contribution in [3.05, 3.63) is 87.5 Å². The standard InChI is InChI=1S/C20H16N4O3/c21-18-17-14(19(26)23-20(17)27)11-16(25)24(18)15-7-2-1-5-12(15)8-9-13-6-3-4-10-22-13/h1-7,10-11H,8-9,21H2,(H,23,26,27). The first-order chi connectivity index (χ1) is 13.1. The van der Waals surface area contributed by atoms with Crippen LogP contribution in [0.5, 0.6) is 0 Å². The topological polar surface area (TPSA) is 107 Å². The Labute approximate surface area is 154 Å². The first-order valence-electron chi connectivity index (χ1n) is 8.45. The lowest BCUT2D eigenvalue weighted by Gasteiger charge is -2.15. The Bertz CT molecular complexity index is 1120. The third-order valence-electron chi connectivity index (χ3n) is 4.56. The van der Waals surface area contributed by atoms with Gasteiger partial charge in [0, 0.05) is 18.0 Å². The number of benzene rings is 1. The van der Waals surface area contributed by atoms with E-state index in [0.29, 0.717) is 18.5 Å². The minimum absolute atomic E-state index is 0.0183. The van der Waals surface area contributed by atoms with Crippen LogP contribution in [0, 0.1) is 0 Å². The fraction of sp³-hybridized carbons (Fsp3) is 0.100. The molecule has 0 saturated heterocycles. The Morgan fingerprint density at radius 3 is 2.52 bits per heavy atom. The second kappa shape index (κ2) is 6.53. The number of fused-ring (bicyclic) bond motifs is 1. The number of carbonyl (C=O) groups is 2. The fourth-order valence-electron chi connectivity index (χ4n) is 3.28. The van der Waals surface area contributed by atoms with E-state index in [1.165, 1.54) is 4.57 Å². The van der Waals surface area contributed by atoms with Gasteiger partial charge in [-0.1, -0.05) is 24.3 Å². The van der Waals surface area contributed by atoms with Gasteiger partial charge in [0.05, 0.1) is 16.8 Å². The zero-order chi connectivity index (χ0) is 19.0. The van der Waals surface area contributed by atoms with Crippen LogP contribution in [-0.2, 0) is 12.8 Å². The van der Waals surface area contributed by atoms with Crippen molar-refractivity contribution < 1.29 is 9.59 Å². The number of hydrogen-bond acceptors (Lipinski definition) is 5. The number of aryl methyl sites for hydroxylation is 2. The van der Waals surface area contributed by atoms with Crippen molar-refractivity contribution >= 4 is 17.6 Å². The third-order valence-corrected chi connectivity index (χ3v) is 4.56. The Kier molecular flexibility index (Phi) is 4.04. The number of para-hydroxylation sites is 1. The average molecular weight is 360 g/mol. The number of amides is 2. The summed E-state index contributed by atoms with van der Waals surface area (Å²) >= 11 is 0. The number of imide groups is 1. The van der Waals surface area contributed by atoms with Crippen LogP contribution in [0.2, 0.25) is 0 Å². The first-order valence-corrected chi connectivity index (χ1v) is 8.45. The second-order valence-corrected chi connectivity index (χ2v) is 6.22. The smallest absolute Gasteiger partial charge is 0.262 e. The average Bonchev–Trinajstić information content (AvgIpc) is 2.95. The van der Waals surface area contributed by atoms with Crippen LogP contribution in [0.1, 0.15) is 32.0 Å². The van der Waals surface area contributed by atoms with Gasteiger partial charge in [0.15, 0.2) is 0 Å². The van der Waals surface area contributed by atoms with Gasteiger partial charge >= 0.3 is 0 Å². The van der Waals surface area contributed by atoms with Crippen LogP contribution in [0.3, 0.4) is 0 Å². The molecule has 0 spiro atoms. The number of rotatable bonds is 4. The Morgan fingerprint density at radius 1 is 0.963 bits per heavy atom. The molecule has 0 fully saturated rings. The number of anilines is 1. The molecule has 3 aromatic rings. The number of carbonyl (C=O) groups excluding carboxylic acids is 2. The van der Waals surface area contributed by atoms with Crippen LogP contribution in [0.15, 0.2) is 59.5 Å². The molecule has 0 saturated carbocycles. The van der Waals surface area contributed by atoms with E-state index in [2.05, 4.69) is 10.3 Å². The lowest BCUT2D eigenvalue weighted by molar-refractivity contribution is 0.0880. The first kappa shape index (κ1) is 16.7. The zero-order valence-electron chi connectivity index (χ0n) is 14.3. The third kappa shape index (κ3) is 2.89. The van der Waals surface area contributed by atoms with Gasteiger partial charge in [-0.25, -0.2) is 0 Å². The summed E-state index contributed by atoms with van der Waals surface area (Å²) in [6.45, 7) is 0. The van der Waals surface area contributed by atoms with E-state index in [9.17, 15) is 14.4 Å². The highest BCUT2D eigenvalue weighted by Gasteiger charge is 2.32. The molecule has 0 unspecified atom stereocenters. The van der Waals surface area contributed by atoms with Crippen molar-refractivity contribution in [1.82, 2.24) is 14.9 Å². The number of nitrogens with one attached hydrogen (secondary N) is 1. The molecule has 4 rings (SSSR count). The molecular formula is C20H16N4O3. The summed E-state index contributed by atoms with van der Waals surface area (Å²) < 4.78 is 1.28. The van der Waals surface area contributed by atoms with Gasteiger partial charge in [-0.05, 0) is 36.6 Å². The molecule has 1 aromatic carbocycles. The van der Waals surface area contributed by atoms with Crippen LogP contribution in [0.25, 0.3) is 5.69 Å². The SMILES string of the molecule is Nc1c2c(cc(=O)n1-c1ccccc1CCc1ccccn1)C(=O)NC2=O. The molecule has 3 heterocycles. The normalized spacial score (nSPS) is 12.7. The number of nitrogens with two attached hydrogens (primary N) is 1. The van der Waals surface area contributed by atoms with E-state index in [-0.39, 0.29) is 16.9 Å². The molecule has 2 amide bonds. The summed E-state index contributed by atoms with van der Waals surface area (Å²) in [7, 11) is 0. The van der Waals surface area contributed by atoms with Gasteiger partial charge in [0.25, 0.3) is 17.4 Å². The van der Waals surface area contributed by atoms with Gasteiger partial charge in [0.1, 0.15) is 5.82 Å². The minimum Gasteiger partial charge on any atom is -0.384 e. The predicted octanol–water partition coefficient (Wildman–Crippen LogP) is 1.48. The molecule has 7 nitrogen and oxygen atoms in total. The molecule has 27 heavy (non-hydrogen) atoms. The fourth-order valence-corrected chi connectivity index (χ4v) is 3.28. The second-order valence-electron chi connectivity index (χ2n) is 6.22. The number of hydrogen-bond donors (Lipinski definition) is 2. The highest BCUT2D eigenvalue weighted by atomic mass is 16.2. The lowest BCUT2D eigenvalue weighted by Crippen LogP contribution is -2.25. The molecule has 2 aromatic heterocycles. The van der Waals surface area contributed by atoms with Crippen LogP contribution < -0.4 is 16.6 Å². The van der Waals surface area contributed by atoms with E-state index in [1.807, 2.05) is 30.3 Å². The predicted molar refractivity (Wildman–Crippen MR) is 99.9 cm³/mol. The van der Waals surface area contributed by atoms with Crippen molar-refractivity contribution in [3.8, 4) is 5.69 Å². The van der Waals surface area contributed by atoms with Gasteiger partial charge in [-0.15, -0.1) is 0 Å². The molecule has 7 heteroatoms. The van der Waals surface area contributed by atoms with Crippen molar-refractivity contribution in [2.75, 3.05) is 5.73 Å². The summed E-state index contributed by atoms with van der Waals surface area (Å²) in [5, 5.41) is 2.17. The highest BCUT2D eigenvalue weighted by molar-refractivity contribution is 6.23. The highest BCUT2D eigenvalue weighted by Crippen LogP contribution is 2.24. The number of aromatic nitrogens is 2. The Morgan fingerprint density at radius 2 is 1.74 bits per heavy atom. The number of nitrogen functional groups attached to an aromatic ring is 1. The maximum absolute atomic E-state index is 12.7. The van der Waals surface area contributed by atoms with Gasteiger partial charge in [-0.2, -0.15) is 0 Å². The van der Waals surface area contributed by atoms with E-state index in [0.717, 1.165) is 17.3 Å². The Hall–Kier alpha value is -3.74. The van der Waals surface area contributed by atoms with Gasteiger partial charge in [-0.3, -0.25) is 29.3 Å². The van der Waals surface area contributed by atoms with Crippen molar-refractivity contribution in [2.24, 2.45) is 0 Å². The quantitative estimate of drug-likeness (QED) is 0.686. The maximum atomic E-state index is 12.7. The molecule has 0 atom stereocenters. The summed E-state index contributed by atoms with van der Waals surface area (Å²) in [5.74, 6) is -1.23. The van der Waals surface area contributed by atoms with Gasteiger partial charge < -0.3 is 5.73 Å². The zero-order valence-corrected chi connectivity index (χ0v) is 14.3. The maximum Gasteiger partial charge on any atom is 0.262 e. The molecule has 0 aliphatic carbocycles. The molecule has 1 aliphatic rings. The molecule has 1 aliphatic heterocycles. The summed E-state index contributed by atoms with van der Waals surface area (Å²) in [4.78, 5) is 40.8. The van der Waals surface area contributed by atoms with E-state index < -0.39 is 17.4 Å². The van der Waals surface area contributed by atoms with Crippen LogP contribution >= 0.6 is 0 Å². The molecular weight excluding hydrogens is 344 g/mol. The molecule has 3 N–H and O–H groups in total. The van der Waals surface area contributed by atoms with E-state index in [1.54, 1.807) is 18.3 Å². The van der Waals surface area contributed by atoms with E-state index >= 15 is 0 Å². The largest absolute Gasteiger partial charge is 0.384 e. The monoisotopic (exact) mass is 360 g/mol. The number of pyridine rings is 2. The summed E-state index contributed by atoms with van der Waals surface area (Å²) in [6.07, 6.45) is 3.07. The molecule has 0 radical (unpaired) electrons. The van der Waals surface area contributed by atoms with Crippen LogP contribution in [0.4, 0.5) is 5.82 Å². The lowest BCUT2D eigenvalue weighted by atomic mass is 10.0. The van der Waals surface area contributed by atoms with E-state index in [4.69, 9.17) is 5.73 Å². The van der Waals surface area contributed by atoms with Gasteiger partial charge in [0.2, 0.25) is 0 Å². The van der Waals surface area contributed by atoms with Crippen molar-refractivity contribution in [1.29, 1.82) is 0 Å². The molecule has 134 valence electrons. The van der Waals surface area contributed by atoms with Crippen LogP contribution in [-0.4, -0.2) is 21.4 Å². The summed E-state index contributed by atoms with van der Waals surface area (Å²) in [5.41, 5.74) is 8.15. The van der Waals surface area contributed by atoms with Crippen molar-refractivity contribution in [2.45, 2.75) is 12.8 Å². The molecule has 0 bridgehead atoms. The Balaban J connectivity index is 1.79. The summed E-state index contributed by atoms with van der Waals surface area (Å²) in [6, 6.07) is 14.2.